The van der Waals surface area contributed by atoms with Crippen LogP contribution in [0.15, 0.2) is 33.9 Å². The number of hydroxylamine groups is 1. The van der Waals surface area contributed by atoms with Gasteiger partial charge >= 0.3 is 0 Å². The first-order valence-electron chi connectivity index (χ1n) is 7.15. The van der Waals surface area contributed by atoms with Crippen molar-refractivity contribution in [3.8, 4) is 0 Å². The number of halogens is 1. The van der Waals surface area contributed by atoms with Crippen molar-refractivity contribution >= 4 is 34.8 Å². The second-order valence-corrected chi connectivity index (χ2v) is 6.74. The molecule has 2 aromatic rings. The number of amidine groups is 1. The van der Waals surface area contributed by atoms with Crippen molar-refractivity contribution < 1.29 is 14.6 Å². The molecule has 24 heavy (non-hydrogen) atoms. The third-order valence-corrected chi connectivity index (χ3v) is 3.05. The van der Waals surface area contributed by atoms with Gasteiger partial charge in [-0.1, -0.05) is 38.4 Å². The highest BCUT2D eigenvalue weighted by molar-refractivity contribution is 6.30. The molecular formula is C15H18ClN5O3. The maximum atomic E-state index is 12.0. The third-order valence-electron chi connectivity index (χ3n) is 2.82. The van der Waals surface area contributed by atoms with Crippen LogP contribution in [0.3, 0.4) is 0 Å². The number of hydrogen-bond donors (Lipinski definition) is 3. The van der Waals surface area contributed by atoms with Gasteiger partial charge in [-0.2, -0.15) is 0 Å². The van der Waals surface area contributed by atoms with Gasteiger partial charge in [0, 0.05) is 11.4 Å². The van der Waals surface area contributed by atoms with Crippen molar-refractivity contribution in [2.45, 2.75) is 27.2 Å². The van der Waals surface area contributed by atoms with Gasteiger partial charge in [-0.25, -0.2) is 9.62 Å². The van der Waals surface area contributed by atoms with E-state index in [1.165, 1.54) is 0 Å². The molecule has 1 amide bonds. The van der Waals surface area contributed by atoms with Crippen LogP contribution in [0.5, 0.6) is 0 Å². The van der Waals surface area contributed by atoms with E-state index < -0.39 is 0 Å². The molecule has 0 spiro atoms. The topological polar surface area (TPSA) is 113 Å². The van der Waals surface area contributed by atoms with E-state index in [2.05, 4.69) is 25.3 Å². The number of amides is 1. The van der Waals surface area contributed by atoms with E-state index in [-0.39, 0.29) is 35.1 Å². The van der Waals surface area contributed by atoms with E-state index >= 15 is 0 Å². The molecule has 1 aromatic heterocycles. The SMILES string of the molecule is CC(C)(C)CC(=O)Nc1nonc1C(=Nc1cccc(Cl)c1)NO. The molecule has 0 fully saturated rings. The van der Waals surface area contributed by atoms with Gasteiger partial charge in [0.05, 0.1) is 5.69 Å². The van der Waals surface area contributed by atoms with Gasteiger partial charge in [-0.15, -0.1) is 0 Å². The molecule has 0 aliphatic carbocycles. The Hall–Kier alpha value is -2.45. The first-order valence-corrected chi connectivity index (χ1v) is 7.53. The lowest BCUT2D eigenvalue weighted by atomic mass is 9.92. The summed E-state index contributed by atoms with van der Waals surface area (Å²) in [6, 6.07) is 6.70. The first kappa shape index (κ1) is 17.9. The molecule has 0 aliphatic heterocycles. The van der Waals surface area contributed by atoms with Crippen molar-refractivity contribution in [3.05, 3.63) is 35.0 Å². The molecule has 0 saturated carbocycles. The smallest absolute Gasteiger partial charge is 0.226 e. The van der Waals surface area contributed by atoms with Crippen LogP contribution in [0.1, 0.15) is 32.9 Å². The second kappa shape index (κ2) is 7.41. The molecule has 0 aliphatic rings. The van der Waals surface area contributed by atoms with Crippen LogP contribution in [-0.2, 0) is 4.79 Å². The Morgan fingerprint density at radius 2 is 2.12 bits per heavy atom. The first-order chi connectivity index (χ1) is 11.3. The highest BCUT2D eigenvalue weighted by atomic mass is 35.5. The maximum absolute atomic E-state index is 12.0. The molecule has 3 N–H and O–H groups in total. The van der Waals surface area contributed by atoms with Crippen molar-refractivity contribution in [1.29, 1.82) is 0 Å². The Bertz CT molecular complexity index is 752. The zero-order valence-electron chi connectivity index (χ0n) is 13.5. The van der Waals surface area contributed by atoms with Crippen LogP contribution >= 0.6 is 11.6 Å². The summed E-state index contributed by atoms with van der Waals surface area (Å²) in [5.41, 5.74) is 2.29. The van der Waals surface area contributed by atoms with Crippen molar-refractivity contribution in [2.75, 3.05) is 5.32 Å². The molecule has 0 unspecified atom stereocenters. The summed E-state index contributed by atoms with van der Waals surface area (Å²) >= 11 is 5.90. The Balaban J connectivity index is 2.25. The summed E-state index contributed by atoms with van der Waals surface area (Å²) in [5, 5.41) is 19.7. The zero-order valence-corrected chi connectivity index (χ0v) is 14.3. The fourth-order valence-electron chi connectivity index (χ4n) is 1.89. The molecule has 0 atom stereocenters. The molecule has 1 aromatic carbocycles. The van der Waals surface area contributed by atoms with Crippen LogP contribution in [-0.4, -0.2) is 27.3 Å². The normalized spacial score (nSPS) is 12.1. The van der Waals surface area contributed by atoms with E-state index in [1.807, 2.05) is 26.3 Å². The highest BCUT2D eigenvalue weighted by Gasteiger charge is 2.21. The number of carbonyl (C=O) groups excluding carboxylic acids is 1. The number of rotatable bonds is 4. The monoisotopic (exact) mass is 351 g/mol. The Labute approximate surface area is 143 Å². The lowest BCUT2D eigenvalue weighted by Crippen LogP contribution is -2.24. The van der Waals surface area contributed by atoms with Crippen molar-refractivity contribution in [2.24, 2.45) is 10.4 Å². The predicted molar refractivity (Wildman–Crippen MR) is 89.6 cm³/mol. The molecule has 1 heterocycles. The minimum Gasteiger partial charge on any atom is -0.306 e. The fourth-order valence-corrected chi connectivity index (χ4v) is 2.07. The van der Waals surface area contributed by atoms with E-state index in [9.17, 15) is 10.0 Å². The molecule has 128 valence electrons. The fraction of sp³-hybridized carbons (Fsp3) is 0.333. The number of nitrogens with zero attached hydrogens (tertiary/aromatic N) is 3. The minimum absolute atomic E-state index is 0.0374. The van der Waals surface area contributed by atoms with Gasteiger partial charge in [-0.05, 0) is 33.9 Å². The van der Waals surface area contributed by atoms with Crippen LogP contribution in [0, 0.1) is 5.41 Å². The van der Waals surface area contributed by atoms with Crippen LogP contribution in [0.25, 0.3) is 0 Å². The van der Waals surface area contributed by atoms with Gasteiger partial charge in [-0.3, -0.25) is 15.5 Å². The number of benzene rings is 1. The van der Waals surface area contributed by atoms with Gasteiger partial charge in [0.25, 0.3) is 0 Å². The largest absolute Gasteiger partial charge is 0.306 e. The summed E-state index contributed by atoms with van der Waals surface area (Å²) in [5.74, 6) is -0.226. The van der Waals surface area contributed by atoms with Gasteiger partial charge in [0.2, 0.25) is 11.7 Å². The van der Waals surface area contributed by atoms with Crippen LogP contribution in [0.4, 0.5) is 11.5 Å². The summed E-state index contributed by atoms with van der Waals surface area (Å²) in [4.78, 5) is 16.2. The lowest BCUT2D eigenvalue weighted by Gasteiger charge is -2.16. The summed E-state index contributed by atoms with van der Waals surface area (Å²) < 4.78 is 4.65. The Kier molecular flexibility index (Phi) is 5.53. The predicted octanol–water partition coefficient (Wildman–Crippen LogP) is 3.15. The average molecular weight is 352 g/mol. The van der Waals surface area contributed by atoms with Crippen molar-refractivity contribution in [1.82, 2.24) is 15.8 Å². The summed E-state index contributed by atoms with van der Waals surface area (Å²) in [6.45, 7) is 5.82. The number of anilines is 1. The molecule has 8 nitrogen and oxygen atoms in total. The number of hydrogen-bond acceptors (Lipinski definition) is 6. The molecule has 0 saturated heterocycles. The van der Waals surface area contributed by atoms with E-state index in [4.69, 9.17) is 11.6 Å². The van der Waals surface area contributed by atoms with Crippen LogP contribution in [0.2, 0.25) is 5.02 Å². The zero-order chi connectivity index (χ0) is 17.7. The summed E-state index contributed by atoms with van der Waals surface area (Å²) in [7, 11) is 0. The number of nitrogens with one attached hydrogen (secondary N) is 2. The molecule has 9 heteroatoms. The summed E-state index contributed by atoms with van der Waals surface area (Å²) in [6.07, 6.45) is 0.284. The highest BCUT2D eigenvalue weighted by Crippen LogP contribution is 2.22. The van der Waals surface area contributed by atoms with Crippen LogP contribution < -0.4 is 10.8 Å². The van der Waals surface area contributed by atoms with E-state index in [0.717, 1.165) is 0 Å². The standard InChI is InChI=1S/C15H18ClN5O3/c1-15(2,3)8-11(22)18-14-12(20-24-21-14)13(19-23)17-10-6-4-5-9(16)7-10/h4-7,23H,8H2,1-3H3,(H,17,19)(H,18,21,22). The number of aliphatic imine (C=N–C) groups is 1. The lowest BCUT2D eigenvalue weighted by molar-refractivity contribution is -0.117. The molecular weight excluding hydrogens is 334 g/mol. The van der Waals surface area contributed by atoms with Gasteiger partial charge in [0.15, 0.2) is 11.5 Å². The molecule has 0 radical (unpaired) electrons. The van der Waals surface area contributed by atoms with Gasteiger partial charge in [0.1, 0.15) is 0 Å². The average Bonchev–Trinajstić information content (AvgIpc) is 2.90. The van der Waals surface area contributed by atoms with Gasteiger partial charge < -0.3 is 5.32 Å². The third kappa shape index (κ3) is 5.04. The Morgan fingerprint density at radius 1 is 1.38 bits per heavy atom. The molecule has 2 rings (SSSR count). The quantitative estimate of drug-likeness (QED) is 0.443. The number of aromatic nitrogens is 2. The van der Waals surface area contributed by atoms with E-state index in [1.54, 1.807) is 24.3 Å². The van der Waals surface area contributed by atoms with E-state index in [0.29, 0.717) is 10.7 Å². The van der Waals surface area contributed by atoms with Crippen molar-refractivity contribution in [3.63, 3.8) is 0 Å². The Morgan fingerprint density at radius 3 is 2.75 bits per heavy atom. The molecule has 0 bridgehead atoms. The minimum atomic E-state index is -0.250. The maximum Gasteiger partial charge on any atom is 0.226 e. The number of carbonyl (C=O) groups is 1. The second-order valence-electron chi connectivity index (χ2n) is 6.30.